The third-order valence-electron chi connectivity index (χ3n) is 5.20. The zero-order valence-electron chi connectivity index (χ0n) is 14.2. The maximum Gasteiger partial charge on any atom is 0.341 e. The zero-order valence-corrected chi connectivity index (χ0v) is 15.0. The molecule has 0 amide bonds. The van der Waals surface area contributed by atoms with Crippen molar-refractivity contribution in [2.24, 2.45) is 5.73 Å². The zero-order chi connectivity index (χ0) is 17.9. The second-order valence-corrected chi connectivity index (χ2v) is 6.87. The molecule has 2 fully saturated rings. The molecule has 3 N–H and O–H groups in total. The fourth-order valence-electron chi connectivity index (χ4n) is 3.49. The highest BCUT2D eigenvalue weighted by Gasteiger charge is 2.33. The van der Waals surface area contributed by atoms with Crippen LogP contribution in [0.25, 0.3) is 11.0 Å². The molecule has 7 nitrogen and oxygen atoms in total. The molecule has 1 saturated carbocycles. The molecule has 2 unspecified atom stereocenters. The van der Waals surface area contributed by atoms with Crippen molar-refractivity contribution in [3.63, 3.8) is 0 Å². The van der Waals surface area contributed by atoms with Crippen LogP contribution in [0.1, 0.15) is 42.6 Å². The first-order chi connectivity index (χ1) is 11.9. The van der Waals surface area contributed by atoms with E-state index < -0.39 is 17.2 Å². The van der Waals surface area contributed by atoms with Crippen molar-refractivity contribution >= 4 is 35.2 Å². The molecule has 2 aromatic rings. The highest BCUT2D eigenvalue weighted by Crippen LogP contribution is 2.37. The lowest BCUT2D eigenvalue weighted by atomic mass is 10.1. The summed E-state index contributed by atoms with van der Waals surface area (Å²) in [7, 11) is 0. The van der Waals surface area contributed by atoms with E-state index in [2.05, 4.69) is 4.98 Å². The molecule has 0 spiro atoms. The van der Waals surface area contributed by atoms with Crippen LogP contribution < -0.4 is 16.1 Å². The molecular weight excluding hydrogens is 363 g/mol. The topological polar surface area (TPSA) is 101 Å². The van der Waals surface area contributed by atoms with Gasteiger partial charge >= 0.3 is 5.97 Å². The van der Waals surface area contributed by atoms with Crippen molar-refractivity contribution in [3.8, 4) is 0 Å². The Morgan fingerprint density at radius 2 is 2.08 bits per heavy atom. The van der Waals surface area contributed by atoms with E-state index in [9.17, 15) is 19.1 Å². The molecule has 3 heterocycles. The first-order valence-electron chi connectivity index (χ1n) is 8.39. The van der Waals surface area contributed by atoms with E-state index >= 15 is 0 Å². The van der Waals surface area contributed by atoms with E-state index in [0.29, 0.717) is 12.2 Å². The van der Waals surface area contributed by atoms with Crippen molar-refractivity contribution < 1.29 is 14.3 Å². The normalized spacial score (nSPS) is 22.5. The second-order valence-electron chi connectivity index (χ2n) is 6.87. The van der Waals surface area contributed by atoms with E-state index in [1.54, 1.807) is 4.57 Å². The van der Waals surface area contributed by atoms with Crippen LogP contribution in [0.15, 0.2) is 17.1 Å². The van der Waals surface area contributed by atoms with Gasteiger partial charge in [-0.15, -0.1) is 12.4 Å². The highest BCUT2D eigenvalue weighted by molar-refractivity contribution is 5.92. The van der Waals surface area contributed by atoms with Crippen molar-refractivity contribution in [1.82, 2.24) is 9.55 Å². The Hall–Kier alpha value is -2.19. The SMILES string of the molecule is CC1C(N)CCN1c1nc2c(cc1F)c(=O)c(C(=O)O)cn2C1CC1.Cl. The van der Waals surface area contributed by atoms with Crippen LogP contribution >= 0.6 is 12.4 Å². The second kappa shape index (κ2) is 6.51. The molecule has 0 bridgehead atoms. The van der Waals surface area contributed by atoms with Gasteiger partial charge in [0.25, 0.3) is 0 Å². The number of carbonyl (C=O) groups is 1. The molecular formula is C17H20ClFN4O3. The number of fused-ring (bicyclic) bond motifs is 1. The van der Waals surface area contributed by atoms with Crippen LogP contribution in [0.4, 0.5) is 10.2 Å². The average molecular weight is 383 g/mol. The number of carboxylic acid groups (broad SMARTS) is 1. The summed E-state index contributed by atoms with van der Waals surface area (Å²) >= 11 is 0. The standard InChI is InChI=1S/C17H19FN4O3.ClH/c1-8-13(19)4-5-21(8)16-12(18)6-10-14(23)11(17(24)25)7-22(9-2-3-9)15(10)20-16;/h6-9,13H,2-5,19H2,1H3,(H,24,25);1H. The smallest absolute Gasteiger partial charge is 0.341 e. The maximum atomic E-state index is 14.7. The van der Waals surface area contributed by atoms with Crippen LogP contribution in [-0.4, -0.2) is 39.3 Å². The predicted octanol–water partition coefficient (Wildman–Crippen LogP) is 1.92. The Morgan fingerprint density at radius 3 is 2.62 bits per heavy atom. The Kier molecular flexibility index (Phi) is 4.66. The molecule has 1 aliphatic carbocycles. The molecule has 1 saturated heterocycles. The molecule has 140 valence electrons. The van der Waals surface area contributed by atoms with Crippen molar-refractivity contribution in [3.05, 3.63) is 33.9 Å². The van der Waals surface area contributed by atoms with E-state index in [4.69, 9.17) is 5.73 Å². The van der Waals surface area contributed by atoms with Gasteiger partial charge in [0.05, 0.1) is 5.39 Å². The van der Waals surface area contributed by atoms with Crippen LogP contribution in [0.3, 0.4) is 0 Å². The fraction of sp³-hybridized carbons (Fsp3) is 0.471. The summed E-state index contributed by atoms with van der Waals surface area (Å²) in [6, 6.07) is 1.10. The molecule has 1 aliphatic heterocycles. The van der Waals surface area contributed by atoms with Gasteiger partial charge in [0, 0.05) is 30.9 Å². The maximum absolute atomic E-state index is 14.7. The number of aromatic carboxylic acids is 1. The minimum Gasteiger partial charge on any atom is -0.477 e. The molecule has 0 aromatic carbocycles. The van der Waals surface area contributed by atoms with Gasteiger partial charge in [-0.25, -0.2) is 14.2 Å². The first-order valence-corrected chi connectivity index (χ1v) is 8.39. The fourth-order valence-corrected chi connectivity index (χ4v) is 3.49. The van der Waals surface area contributed by atoms with Crippen molar-refractivity contribution in [2.45, 2.75) is 44.3 Å². The van der Waals surface area contributed by atoms with Crippen molar-refractivity contribution in [2.75, 3.05) is 11.4 Å². The molecule has 2 atom stereocenters. The molecule has 2 aliphatic rings. The van der Waals surface area contributed by atoms with Crippen LogP contribution in [-0.2, 0) is 0 Å². The van der Waals surface area contributed by atoms with Gasteiger partial charge in [0.1, 0.15) is 11.2 Å². The number of halogens is 2. The average Bonchev–Trinajstić information content (AvgIpc) is 3.35. The summed E-state index contributed by atoms with van der Waals surface area (Å²) in [6.07, 6.45) is 3.85. The largest absolute Gasteiger partial charge is 0.477 e. The van der Waals surface area contributed by atoms with E-state index in [1.807, 2.05) is 11.8 Å². The van der Waals surface area contributed by atoms with Gasteiger partial charge in [-0.1, -0.05) is 0 Å². The Balaban J connectivity index is 0.00000196. The lowest BCUT2D eigenvalue weighted by molar-refractivity contribution is 0.0695. The molecule has 9 heteroatoms. The number of nitrogens with zero attached hydrogens (tertiary/aromatic N) is 3. The summed E-state index contributed by atoms with van der Waals surface area (Å²) in [5.41, 5.74) is 5.29. The summed E-state index contributed by atoms with van der Waals surface area (Å²) in [5, 5.41) is 9.27. The Morgan fingerprint density at radius 1 is 1.38 bits per heavy atom. The van der Waals surface area contributed by atoms with Crippen LogP contribution in [0, 0.1) is 5.82 Å². The Labute approximate surface area is 155 Å². The number of nitrogens with two attached hydrogens (primary N) is 1. The van der Waals surface area contributed by atoms with Gasteiger partial charge in [-0.2, -0.15) is 0 Å². The third kappa shape index (κ3) is 2.83. The molecule has 4 rings (SSSR count). The summed E-state index contributed by atoms with van der Waals surface area (Å²) in [5.74, 6) is -1.77. The number of carboxylic acids is 1. The number of hydrogen-bond acceptors (Lipinski definition) is 5. The minimum absolute atomic E-state index is 0. The van der Waals surface area contributed by atoms with Gasteiger partial charge in [0.2, 0.25) is 5.43 Å². The van der Waals surface area contributed by atoms with E-state index in [1.165, 1.54) is 6.20 Å². The molecule has 26 heavy (non-hydrogen) atoms. The van der Waals surface area contributed by atoms with Crippen LogP contribution in [0.5, 0.6) is 0 Å². The number of anilines is 1. The monoisotopic (exact) mass is 382 g/mol. The first kappa shape index (κ1) is 18.6. The van der Waals surface area contributed by atoms with E-state index in [0.717, 1.165) is 25.3 Å². The van der Waals surface area contributed by atoms with Crippen molar-refractivity contribution in [1.29, 1.82) is 0 Å². The van der Waals surface area contributed by atoms with Crippen LogP contribution in [0.2, 0.25) is 0 Å². The summed E-state index contributed by atoms with van der Waals surface area (Å²) in [4.78, 5) is 30.0. The number of aromatic nitrogens is 2. The van der Waals surface area contributed by atoms with E-state index in [-0.39, 0.29) is 47.3 Å². The Bertz CT molecular complexity index is 944. The van der Waals surface area contributed by atoms with Gasteiger partial charge < -0.3 is 20.3 Å². The summed E-state index contributed by atoms with van der Waals surface area (Å²) in [6.45, 7) is 2.52. The molecule has 0 radical (unpaired) electrons. The van der Waals surface area contributed by atoms with Gasteiger partial charge in [-0.05, 0) is 32.3 Å². The number of rotatable bonds is 3. The third-order valence-corrected chi connectivity index (χ3v) is 5.20. The highest BCUT2D eigenvalue weighted by atomic mass is 35.5. The quantitative estimate of drug-likeness (QED) is 0.840. The lowest BCUT2D eigenvalue weighted by Crippen LogP contribution is -2.37. The van der Waals surface area contributed by atoms with Gasteiger partial charge in [0.15, 0.2) is 11.6 Å². The lowest BCUT2D eigenvalue weighted by Gasteiger charge is -2.25. The minimum atomic E-state index is -1.31. The number of pyridine rings is 2. The molecule has 2 aromatic heterocycles. The summed E-state index contributed by atoms with van der Waals surface area (Å²) < 4.78 is 16.4. The van der Waals surface area contributed by atoms with Gasteiger partial charge in [-0.3, -0.25) is 4.79 Å². The predicted molar refractivity (Wildman–Crippen MR) is 97.8 cm³/mol. The number of hydrogen-bond donors (Lipinski definition) is 2.